The van der Waals surface area contributed by atoms with Gasteiger partial charge in [-0.05, 0) is 17.9 Å². The van der Waals surface area contributed by atoms with Gasteiger partial charge in [-0.15, -0.1) is 0 Å². The van der Waals surface area contributed by atoms with Gasteiger partial charge >= 0.3 is 0 Å². The molecule has 0 rings (SSSR count). The van der Waals surface area contributed by atoms with Crippen molar-refractivity contribution >= 4 is 35.3 Å². The van der Waals surface area contributed by atoms with Crippen LogP contribution in [0.4, 0.5) is 0 Å². The van der Waals surface area contributed by atoms with Crippen LogP contribution in [0.3, 0.4) is 0 Å². The molecule has 0 aromatic carbocycles. The Kier molecular flexibility index (Phi) is 13.1. The van der Waals surface area contributed by atoms with Gasteiger partial charge in [0.25, 0.3) is 0 Å². The molecule has 0 saturated heterocycles. The summed E-state index contributed by atoms with van der Waals surface area (Å²) in [5.41, 5.74) is 0. The molecule has 0 nitrogen and oxygen atoms in total. The molecule has 0 N–H and O–H groups in total. The van der Waals surface area contributed by atoms with Crippen LogP contribution in [-0.2, 0) is 0 Å². The maximum atomic E-state index is 2.25. The lowest BCUT2D eigenvalue weighted by Gasteiger charge is -2.00. The zero-order valence-corrected chi connectivity index (χ0v) is 10.6. The minimum absolute atomic E-state index is 1.27. The van der Waals surface area contributed by atoms with Crippen LogP contribution in [0.5, 0.6) is 0 Å². The highest BCUT2D eigenvalue weighted by molar-refractivity contribution is 8.04. The third kappa shape index (κ3) is 11.1. The number of hydrogen-bond acceptors (Lipinski definition) is 3. The summed E-state index contributed by atoms with van der Waals surface area (Å²) < 4.78 is 0. The van der Waals surface area contributed by atoms with Gasteiger partial charge in [0.2, 0.25) is 0 Å². The fourth-order valence-corrected chi connectivity index (χ4v) is 3.60. The molecule has 12 heavy (non-hydrogen) atoms. The molecule has 0 radical (unpaired) electrons. The maximum Gasteiger partial charge on any atom is 0.00238 e. The van der Waals surface area contributed by atoms with E-state index in [1.165, 1.54) is 40.9 Å². The molecule has 74 valence electrons. The van der Waals surface area contributed by atoms with Crippen LogP contribution in [0.1, 0.15) is 20.3 Å². The summed E-state index contributed by atoms with van der Waals surface area (Å²) in [7, 11) is 0. The molecular formula is C9H20S3. The smallest absolute Gasteiger partial charge is 0.00238 e. The zero-order chi connectivity index (χ0) is 9.07. The highest BCUT2D eigenvalue weighted by atomic mass is 32.2. The van der Waals surface area contributed by atoms with Gasteiger partial charge in [-0.3, -0.25) is 0 Å². The fraction of sp³-hybridized carbons (Fsp3) is 1.00. The van der Waals surface area contributed by atoms with Crippen LogP contribution in [0, 0.1) is 0 Å². The zero-order valence-electron chi connectivity index (χ0n) is 8.17. The summed E-state index contributed by atoms with van der Waals surface area (Å²) in [5, 5.41) is 0. The first-order chi connectivity index (χ1) is 5.91. The highest BCUT2D eigenvalue weighted by Gasteiger charge is 1.90. The Bertz CT molecular complexity index is 66.2. The van der Waals surface area contributed by atoms with Crippen molar-refractivity contribution in [1.29, 1.82) is 0 Å². The minimum Gasteiger partial charge on any atom is -0.161 e. The number of thioether (sulfide) groups is 3. The first-order valence-electron chi connectivity index (χ1n) is 4.65. The molecule has 0 aromatic heterocycles. The van der Waals surface area contributed by atoms with Crippen molar-refractivity contribution < 1.29 is 0 Å². The molecule has 0 bridgehead atoms. The fourth-order valence-electron chi connectivity index (χ4n) is 0.729. The van der Waals surface area contributed by atoms with Crippen LogP contribution in [0.25, 0.3) is 0 Å². The lowest BCUT2D eigenvalue weighted by molar-refractivity contribution is 1.11. The van der Waals surface area contributed by atoms with Gasteiger partial charge in [-0.2, -0.15) is 35.3 Å². The molecule has 0 spiro atoms. The summed E-state index contributed by atoms with van der Waals surface area (Å²) in [6.45, 7) is 4.48. The molecule has 0 aliphatic carbocycles. The average Bonchev–Trinajstić information content (AvgIpc) is 2.10. The second-order valence-electron chi connectivity index (χ2n) is 2.42. The standard InChI is InChI=1S/C9H20S3/c1-3-5-11-8-9-12-7-6-10-4-2/h3-9H2,1-2H3. The van der Waals surface area contributed by atoms with Crippen LogP contribution in [0.15, 0.2) is 0 Å². The normalized spacial score (nSPS) is 10.5. The highest BCUT2D eigenvalue weighted by Crippen LogP contribution is 2.10. The second kappa shape index (κ2) is 12.0. The van der Waals surface area contributed by atoms with Gasteiger partial charge in [0, 0.05) is 23.0 Å². The molecule has 0 unspecified atom stereocenters. The van der Waals surface area contributed by atoms with E-state index in [2.05, 4.69) is 37.4 Å². The van der Waals surface area contributed by atoms with Crippen molar-refractivity contribution in [2.75, 3.05) is 34.5 Å². The summed E-state index contributed by atoms with van der Waals surface area (Å²) in [6, 6.07) is 0. The van der Waals surface area contributed by atoms with E-state index < -0.39 is 0 Å². The van der Waals surface area contributed by atoms with E-state index in [9.17, 15) is 0 Å². The number of rotatable bonds is 9. The van der Waals surface area contributed by atoms with E-state index in [1.54, 1.807) is 0 Å². The molecule has 0 aliphatic heterocycles. The molecule has 3 heteroatoms. The summed E-state index contributed by atoms with van der Waals surface area (Å²) in [4.78, 5) is 0. The van der Waals surface area contributed by atoms with E-state index in [1.807, 2.05) is 11.8 Å². The first kappa shape index (κ1) is 13.1. The van der Waals surface area contributed by atoms with Crippen molar-refractivity contribution in [3.05, 3.63) is 0 Å². The van der Waals surface area contributed by atoms with Crippen molar-refractivity contribution in [3.63, 3.8) is 0 Å². The predicted molar refractivity (Wildman–Crippen MR) is 67.9 cm³/mol. The summed E-state index contributed by atoms with van der Waals surface area (Å²) in [5.74, 6) is 7.96. The lowest BCUT2D eigenvalue weighted by Crippen LogP contribution is -1.90. The van der Waals surface area contributed by atoms with E-state index >= 15 is 0 Å². The predicted octanol–water partition coefficient (Wildman–Crippen LogP) is 3.62. The van der Waals surface area contributed by atoms with Crippen LogP contribution in [-0.4, -0.2) is 34.5 Å². The molecular weight excluding hydrogens is 204 g/mol. The van der Waals surface area contributed by atoms with E-state index in [0.29, 0.717) is 0 Å². The Labute approximate surface area is 90.0 Å². The van der Waals surface area contributed by atoms with E-state index in [4.69, 9.17) is 0 Å². The molecule has 0 fully saturated rings. The summed E-state index contributed by atoms with van der Waals surface area (Å²) in [6.07, 6.45) is 1.32. The Morgan fingerprint density at radius 1 is 0.667 bits per heavy atom. The van der Waals surface area contributed by atoms with Gasteiger partial charge in [0.15, 0.2) is 0 Å². The monoisotopic (exact) mass is 224 g/mol. The van der Waals surface area contributed by atoms with Crippen LogP contribution in [0.2, 0.25) is 0 Å². The molecule has 0 aliphatic rings. The quantitative estimate of drug-likeness (QED) is 0.549. The van der Waals surface area contributed by atoms with Gasteiger partial charge in [0.1, 0.15) is 0 Å². The number of hydrogen-bond donors (Lipinski definition) is 0. The molecule has 0 atom stereocenters. The van der Waals surface area contributed by atoms with Crippen molar-refractivity contribution in [3.8, 4) is 0 Å². The first-order valence-corrected chi connectivity index (χ1v) is 8.11. The van der Waals surface area contributed by atoms with Crippen LogP contribution >= 0.6 is 35.3 Å². The Morgan fingerprint density at radius 2 is 1.17 bits per heavy atom. The van der Waals surface area contributed by atoms with Crippen LogP contribution < -0.4 is 0 Å². The topological polar surface area (TPSA) is 0 Å². The average molecular weight is 224 g/mol. The lowest BCUT2D eigenvalue weighted by atomic mass is 10.6. The Morgan fingerprint density at radius 3 is 1.67 bits per heavy atom. The SMILES string of the molecule is CCCSCCSCCSCC. The summed E-state index contributed by atoms with van der Waals surface area (Å²) >= 11 is 6.24. The molecule has 0 heterocycles. The maximum absolute atomic E-state index is 2.25. The Hall–Kier alpha value is 1.05. The largest absolute Gasteiger partial charge is 0.161 e. The van der Waals surface area contributed by atoms with Gasteiger partial charge < -0.3 is 0 Å². The van der Waals surface area contributed by atoms with E-state index in [0.717, 1.165) is 0 Å². The second-order valence-corrected chi connectivity index (χ2v) is 6.27. The minimum atomic E-state index is 1.27. The van der Waals surface area contributed by atoms with Crippen molar-refractivity contribution in [2.45, 2.75) is 20.3 Å². The third-order valence-corrected chi connectivity index (χ3v) is 4.89. The van der Waals surface area contributed by atoms with Gasteiger partial charge in [0.05, 0.1) is 0 Å². The molecule has 0 aromatic rings. The van der Waals surface area contributed by atoms with Crippen molar-refractivity contribution in [2.24, 2.45) is 0 Å². The van der Waals surface area contributed by atoms with Crippen molar-refractivity contribution in [1.82, 2.24) is 0 Å². The third-order valence-electron chi connectivity index (χ3n) is 1.30. The molecule has 0 saturated carbocycles. The van der Waals surface area contributed by atoms with Gasteiger partial charge in [-0.1, -0.05) is 13.8 Å². The van der Waals surface area contributed by atoms with Gasteiger partial charge in [-0.25, -0.2) is 0 Å². The molecule has 0 amide bonds. The van der Waals surface area contributed by atoms with E-state index in [-0.39, 0.29) is 0 Å². The Balaban J connectivity index is 2.73.